The highest BCUT2D eigenvalue weighted by Gasteiger charge is 2.27. The first-order chi connectivity index (χ1) is 10.8. The van der Waals surface area contributed by atoms with E-state index in [1.165, 1.54) is 0 Å². The van der Waals surface area contributed by atoms with Gasteiger partial charge in [-0.2, -0.15) is 5.10 Å². The number of nitrogens with zero attached hydrogens (tertiary/aromatic N) is 4. The molecule has 3 rings (SSSR count). The normalized spacial score (nSPS) is 16.1. The van der Waals surface area contributed by atoms with Crippen molar-refractivity contribution >= 4 is 30.7 Å². The van der Waals surface area contributed by atoms with Gasteiger partial charge in [0.2, 0.25) is 0 Å². The lowest BCUT2D eigenvalue weighted by atomic mass is 10.2. The van der Waals surface area contributed by atoms with Gasteiger partial charge < -0.3 is 10.2 Å². The van der Waals surface area contributed by atoms with E-state index >= 15 is 0 Å². The number of hydrogen-bond acceptors (Lipinski definition) is 4. The minimum atomic E-state index is 0. The number of pyridine rings is 1. The van der Waals surface area contributed by atoms with Gasteiger partial charge in [0.25, 0.3) is 5.91 Å². The molecule has 0 saturated carbocycles. The molecule has 1 amide bonds. The third-order valence-electron chi connectivity index (χ3n) is 3.89. The Balaban J connectivity index is 0.00000144. The molecule has 2 aromatic heterocycles. The lowest BCUT2D eigenvalue weighted by molar-refractivity contribution is 0.0686. The van der Waals surface area contributed by atoms with Crippen LogP contribution in [0.3, 0.4) is 0 Å². The second kappa shape index (κ2) is 9.61. The molecule has 24 heavy (non-hydrogen) atoms. The van der Waals surface area contributed by atoms with Crippen LogP contribution >= 0.6 is 24.8 Å². The molecule has 0 radical (unpaired) electrons. The summed E-state index contributed by atoms with van der Waals surface area (Å²) in [6.07, 6.45) is 5.47. The van der Waals surface area contributed by atoms with Crippen LogP contribution in [0.1, 0.15) is 30.3 Å². The van der Waals surface area contributed by atoms with E-state index in [0.717, 1.165) is 32.5 Å². The average Bonchev–Trinajstić information content (AvgIpc) is 3.25. The van der Waals surface area contributed by atoms with E-state index in [1.807, 2.05) is 29.3 Å². The van der Waals surface area contributed by atoms with E-state index in [4.69, 9.17) is 0 Å². The van der Waals surface area contributed by atoms with Gasteiger partial charge in [0.15, 0.2) is 5.82 Å². The summed E-state index contributed by atoms with van der Waals surface area (Å²) in [6, 6.07) is 7.59. The lowest BCUT2D eigenvalue weighted by Crippen LogP contribution is -2.42. The number of carbonyl (C=O) groups excluding carboxylic acids is 1. The Morgan fingerprint density at radius 3 is 2.83 bits per heavy atom. The Kier molecular flexibility index (Phi) is 8.18. The molecule has 1 aliphatic heterocycles. The monoisotopic (exact) mass is 371 g/mol. The van der Waals surface area contributed by atoms with Crippen molar-refractivity contribution in [1.82, 2.24) is 25.0 Å². The highest BCUT2D eigenvalue weighted by Crippen LogP contribution is 2.14. The first kappa shape index (κ1) is 20.4. The van der Waals surface area contributed by atoms with Crippen molar-refractivity contribution in [3.05, 3.63) is 42.4 Å². The molecule has 1 aliphatic rings. The Bertz CT molecular complexity index is 629. The number of hydrogen-bond donors (Lipinski definition) is 1. The molecule has 1 atom stereocenters. The molecule has 132 valence electrons. The number of nitrogens with one attached hydrogen (secondary N) is 1. The van der Waals surface area contributed by atoms with Crippen LogP contribution in [0.2, 0.25) is 0 Å². The summed E-state index contributed by atoms with van der Waals surface area (Å²) in [6.45, 7) is 4.69. The van der Waals surface area contributed by atoms with E-state index in [1.54, 1.807) is 16.9 Å². The number of amides is 1. The fraction of sp³-hybridized carbons (Fsp3) is 0.438. The molecule has 0 aromatic carbocycles. The van der Waals surface area contributed by atoms with E-state index in [-0.39, 0.29) is 36.8 Å². The molecule has 1 N–H and O–H groups in total. The summed E-state index contributed by atoms with van der Waals surface area (Å²) < 4.78 is 1.66. The number of halogens is 2. The zero-order valence-electron chi connectivity index (χ0n) is 13.6. The maximum absolute atomic E-state index is 12.8. The molecule has 8 heteroatoms. The fourth-order valence-electron chi connectivity index (χ4n) is 2.82. The molecule has 6 nitrogen and oxygen atoms in total. The maximum Gasteiger partial charge on any atom is 0.272 e. The Morgan fingerprint density at radius 1 is 1.38 bits per heavy atom. The Hall–Kier alpha value is -1.63. The summed E-state index contributed by atoms with van der Waals surface area (Å²) in [5.41, 5.74) is 0.480. The summed E-state index contributed by atoms with van der Waals surface area (Å²) in [7, 11) is 0. The third kappa shape index (κ3) is 4.47. The van der Waals surface area contributed by atoms with Gasteiger partial charge >= 0.3 is 0 Å². The van der Waals surface area contributed by atoms with E-state index in [0.29, 0.717) is 11.5 Å². The van der Waals surface area contributed by atoms with E-state index in [9.17, 15) is 4.79 Å². The smallest absolute Gasteiger partial charge is 0.272 e. The second-order valence-corrected chi connectivity index (χ2v) is 5.48. The van der Waals surface area contributed by atoms with Crippen molar-refractivity contribution in [2.45, 2.75) is 25.8 Å². The zero-order chi connectivity index (χ0) is 15.4. The minimum Gasteiger partial charge on any atom is -0.333 e. The van der Waals surface area contributed by atoms with E-state index < -0.39 is 0 Å². The molecule has 3 heterocycles. The maximum atomic E-state index is 12.8. The SMILES string of the molecule is CCCN(C(=O)c1cccc(-n2cccn2)n1)C1CCNC1.Cl.Cl. The van der Waals surface area contributed by atoms with Crippen LogP contribution < -0.4 is 5.32 Å². The van der Waals surface area contributed by atoms with E-state index in [2.05, 4.69) is 22.3 Å². The van der Waals surface area contributed by atoms with Crippen LogP contribution in [0.5, 0.6) is 0 Å². The largest absolute Gasteiger partial charge is 0.333 e. The number of carbonyl (C=O) groups is 1. The molecule has 0 bridgehead atoms. The van der Waals surface area contributed by atoms with Crippen molar-refractivity contribution in [3.8, 4) is 5.82 Å². The van der Waals surface area contributed by atoms with Crippen LogP contribution in [-0.2, 0) is 0 Å². The first-order valence-electron chi connectivity index (χ1n) is 7.78. The summed E-state index contributed by atoms with van der Waals surface area (Å²) >= 11 is 0. The van der Waals surface area contributed by atoms with Crippen LogP contribution in [0.25, 0.3) is 5.82 Å². The molecule has 1 fully saturated rings. The second-order valence-electron chi connectivity index (χ2n) is 5.48. The van der Waals surface area contributed by atoms with Gasteiger partial charge in [0.05, 0.1) is 0 Å². The van der Waals surface area contributed by atoms with Gasteiger partial charge in [-0.25, -0.2) is 9.67 Å². The summed E-state index contributed by atoms with van der Waals surface area (Å²) in [5.74, 6) is 0.668. The lowest BCUT2D eigenvalue weighted by Gasteiger charge is -2.28. The van der Waals surface area contributed by atoms with Gasteiger partial charge in [-0.05, 0) is 37.6 Å². The van der Waals surface area contributed by atoms with Crippen molar-refractivity contribution in [2.75, 3.05) is 19.6 Å². The Labute approximate surface area is 154 Å². The molecule has 2 aromatic rings. The van der Waals surface area contributed by atoms with Crippen molar-refractivity contribution in [1.29, 1.82) is 0 Å². The van der Waals surface area contributed by atoms with Gasteiger partial charge in [-0.15, -0.1) is 24.8 Å². The van der Waals surface area contributed by atoms with Gasteiger partial charge in [0.1, 0.15) is 5.69 Å². The predicted molar refractivity (Wildman–Crippen MR) is 98.5 cm³/mol. The quantitative estimate of drug-likeness (QED) is 0.875. The number of rotatable bonds is 5. The van der Waals surface area contributed by atoms with Gasteiger partial charge in [-0.1, -0.05) is 13.0 Å². The predicted octanol–water partition coefficient (Wildman–Crippen LogP) is 2.33. The van der Waals surface area contributed by atoms with Crippen LogP contribution in [0.15, 0.2) is 36.7 Å². The minimum absolute atomic E-state index is 0. The van der Waals surface area contributed by atoms with Crippen LogP contribution in [-0.4, -0.2) is 51.2 Å². The number of aromatic nitrogens is 3. The van der Waals surface area contributed by atoms with Gasteiger partial charge in [-0.3, -0.25) is 4.79 Å². The fourth-order valence-corrected chi connectivity index (χ4v) is 2.82. The summed E-state index contributed by atoms with van der Waals surface area (Å²) in [5, 5.41) is 7.49. The molecular weight excluding hydrogens is 349 g/mol. The highest BCUT2D eigenvalue weighted by molar-refractivity contribution is 5.92. The van der Waals surface area contributed by atoms with Crippen LogP contribution in [0.4, 0.5) is 0 Å². The molecular formula is C16H23Cl2N5O. The van der Waals surface area contributed by atoms with Gasteiger partial charge in [0, 0.05) is 31.5 Å². The van der Waals surface area contributed by atoms with Crippen molar-refractivity contribution < 1.29 is 4.79 Å². The van der Waals surface area contributed by atoms with Crippen LogP contribution in [0, 0.1) is 0 Å². The Morgan fingerprint density at radius 2 is 2.21 bits per heavy atom. The molecule has 0 aliphatic carbocycles. The summed E-state index contributed by atoms with van der Waals surface area (Å²) in [4.78, 5) is 19.3. The first-order valence-corrected chi connectivity index (χ1v) is 7.78. The van der Waals surface area contributed by atoms with Crippen molar-refractivity contribution in [3.63, 3.8) is 0 Å². The zero-order valence-corrected chi connectivity index (χ0v) is 15.2. The third-order valence-corrected chi connectivity index (χ3v) is 3.89. The molecule has 1 saturated heterocycles. The highest BCUT2D eigenvalue weighted by atomic mass is 35.5. The van der Waals surface area contributed by atoms with Crippen molar-refractivity contribution in [2.24, 2.45) is 0 Å². The topological polar surface area (TPSA) is 63.1 Å². The standard InChI is InChI=1S/C16H21N5O.2ClH/c1-2-10-20(13-7-9-17-12-13)16(22)14-5-3-6-15(19-14)21-11-4-8-18-21;;/h3-6,8,11,13,17H,2,7,9-10,12H2,1H3;2*1H. The molecule has 0 spiro atoms. The average molecular weight is 372 g/mol. The molecule has 1 unspecified atom stereocenters.